The zero-order valence-corrected chi connectivity index (χ0v) is 26.2. The third-order valence-corrected chi connectivity index (χ3v) is 9.66. The van der Waals surface area contributed by atoms with Crippen molar-refractivity contribution in [3.05, 3.63) is 83.4 Å². The van der Waals surface area contributed by atoms with E-state index in [-0.39, 0.29) is 29.1 Å². The molecule has 3 aromatic rings. The van der Waals surface area contributed by atoms with Crippen molar-refractivity contribution in [2.75, 3.05) is 25.1 Å². The average molecular weight is 628 g/mol. The number of benzene rings is 3. The normalized spacial score (nSPS) is 14.1. The van der Waals surface area contributed by atoms with Crippen LogP contribution in [0.2, 0.25) is 5.02 Å². The molecule has 2 amide bonds. The summed E-state index contributed by atoms with van der Waals surface area (Å²) in [6, 6.07) is 18.8. The monoisotopic (exact) mass is 627 g/mol. The van der Waals surface area contributed by atoms with Crippen molar-refractivity contribution in [2.24, 2.45) is 0 Å². The van der Waals surface area contributed by atoms with E-state index in [4.69, 9.17) is 21.1 Å². The summed E-state index contributed by atoms with van der Waals surface area (Å²) in [5.41, 5.74) is 0.971. The van der Waals surface area contributed by atoms with Gasteiger partial charge in [0.05, 0.1) is 24.8 Å². The van der Waals surface area contributed by atoms with Crippen LogP contribution >= 0.6 is 11.6 Å². The van der Waals surface area contributed by atoms with Gasteiger partial charge in [-0.15, -0.1) is 0 Å². The van der Waals surface area contributed by atoms with Crippen LogP contribution in [0.5, 0.6) is 11.5 Å². The number of carbonyl (C=O) groups is 2. The summed E-state index contributed by atoms with van der Waals surface area (Å²) in [5.74, 6) is -0.0623. The van der Waals surface area contributed by atoms with Gasteiger partial charge in [0.25, 0.3) is 10.0 Å². The number of ether oxygens (including phenoxy) is 2. The maximum atomic E-state index is 14.3. The molecule has 1 aliphatic rings. The molecule has 0 bridgehead atoms. The maximum Gasteiger partial charge on any atom is 0.264 e. The van der Waals surface area contributed by atoms with E-state index in [0.717, 1.165) is 35.6 Å². The predicted octanol–water partition coefficient (Wildman–Crippen LogP) is 5.42. The number of sulfonamides is 1. The Morgan fingerprint density at radius 3 is 2.21 bits per heavy atom. The maximum absolute atomic E-state index is 14.3. The summed E-state index contributed by atoms with van der Waals surface area (Å²) in [5, 5.41) is 3.66. The summed E-state index contributed by atoms with van der Waals surface area (Å²) in [7, 11) is -1.27. The highest BCUT2D eigenvalue weighted by Crippen LogP contribution is 2.34. The minimum atomic E-state index is -4.21. The number of methoxy groups -OCH3 is 2. The highest BCUT2D eigenvalue weighted by Gasteiger charge is 2.35. The smallest absolute Gasteiger partial charge is 0.264 e. The number of hydrogen-bond donors (Lipinski definition) is 1. The first kappa shape index (κ1) is 32.2. The van der Waals surface area contributed by atoms with Crippen LogP contribution < -0.4 is 19.1 Å². The Bertz CT molecular complexity index is 1500. The largest absolute Gasteiger partial charge is 0.493 e. The van der Waals surface area contributed by atoms with E-state index in [9.17, 15) is 18.0 Å². The summed E-state index contributed by atoms with van der Waals surface area (Å²) < 4.78 is 39.9. The Hall–Kier alpha value is -3.76. The van der Waals surface area contributed by atoms with Crippen LogP contribution in [0.1, 0.15) is 44.6 Å². The van der Waals surface area contributed by atoms with E-state index in [1.54, 1.807) is 54.6 Å². The molecule has 1 atom stereocenters. The lowest BCUT2D eigenvalue weighted by Gasteiger charge is -2.34. The predicted molar refractivity (Wildman–Crippen MR) is 167 cm³/mol. The molecule has 0 radical (unpaired) electrons. The van der Waals surface area contributed by atoms with Gasteiger partial charge in [-0.25, -0.2) is 8.42 Å². The number of carbonyl (C=O) groups excluding carboxylic acids is 2. The first-order chi connectivity index (χ1) is 20.7. The van der Waals surface area contributed by atoms with Gasteiger partial charge < -0.3 is 19.7 Å². The molecule has 4 rings (SSSR count). The van der Waals surface area contributed by atoms with E-state index in [1.807, 2.05) is 6.92 Å². The van der Waals surface area contributed by atoms with E-state index < -0.39 is 28.5 Å². The standard InChI is InChI=1S/C32H38ClN3O6S/c1-4-28(32(38)34-25-10-8-9-11-25)35(21-23-14-16-24(33)17-15-23)31(37)22-36(43(39,40)27-12-6-5-7-13-27)26-18-19-29(41-2)30(20-26)42-3/h5-7,12-20,25,28H,4,8-11,21-22H2,1-3H3,(H,34,38). The van der Waals surface area contributed by atoms with Crippen molar-refractivity contribution >= 4 is 39.1 Å². The van der Waals surface area contributed by atoms with Crippen LogP contribution in [0.25, 0.3) is 0 Å². The molecule has 230 valence electrons. The first-order valence-corrected chi connectivity index (χ1v) is 16.1. The summed E-state index contributed by atoms with van der Waals surface area (Å²) in [4.78, 5) is 29.3. The fraction of sp³-hybridized carbons (Fsp3) is 0.375. The van der Waals surface area contributed by atoms with Crippen molar-refractivity contribution in [3.8, 4) is 11.5 Å². The molecule has 1 aliphatic carbocycles. The topological polar surface area (TPSA) is 105 Å². The summed E-state index contributed by atoms with van der Waals surface area (Å²) >= 11 is 6.10. The molecular weight excluding hydrogens is 590 g/mol. The molecule has 11 heteroatoms. The molecule has 1 unspecified atom stereocenters. The quantitative estimate of drug-likeness (QED) is 0.271. The second-order valence-corrected chi connectivity index (χ2v) is 12.7. The molecule has 1 N–H and O–H groups in total. The Morgan fingerprint density at radius 2 is 1.60 bits per heavy atom. The lowest BCUT2D eigenvalue weighted by molar-refractivity contribution is -0.140. The molecule has 0 heterocycles. The Kier molecular flexibility index (Phi) is 10.9. The lowest BCUT2D eigenvalue weighted by atomic mass is 10.1. The SMILES string of the molecule is CCC(C(=O)NC1CCCC1)N(Cc1ccc(Cl)cc1)C(=O)CN(c1ccc(OC)c(OC)c1)S(=O)(=O)c1ccccc1. The zero-order chi connectivity index (χ0) is 31.0. The third kappa shape index (κ3) is 7.80. The van der Waals surface area contributed by atoms with E-state index >= 15 is 0 Å². The average Bonchev–Trinajstić information content (AvgIpc) is 3.53. The molecule has 1 saturated carbocycles. The Balaban J connectivity index is 1.74. The van der Waals surface area contributed by atoms with Crippen molar-refractivity contribution in [3.63, 3.8) is 0 Å². The van der Waals surface area contributed by atoms with Gasteiger partial charge >= 0.3 is 0 Å². The number of anilines is 1. The van der Waals surface area contributed by atoms with Crippen molar-refractivity contribution in [1.82, 2.24) is 10.2 Å². The van der Waals surface area contributed by atoms with E-state index in [0.29, 0.717) is 22.9 Å². The first-order valence-electron chi connectivity index (χ1n) is 14.3. The summed E-state index contributed by atoms with van der Waals surface area (Å²) in [6.45, 7) is 1.39. The van der Waals surface area contributed by atoms with Crippen LogP contribution in [0.4, 0.5) is 5.69 Å². The van der Waals surface area contributed by atoms with Gasteiger partial charge in [-0.1, -0.05) is 61.7 Å². The number of nitrogens with one attached hydrogen (secondary N) is 1. The zero-order valence-electron chi connectivity index (χ0n) is 24.7. The van der Waals surface area contributed by atoms with Gasteiger partial charge in [0.1, 0.15) is 12.6 Å². The number of nitrogens with zero attached hydrogens (tertiary/aromatic N) is 2. The highest BCUT2D eigenvalue weighted by molar-refractivity contribution is 7.92. The molecule has 1 fully saturated rings. The fourth-order valence-corrected chi connectivity index (χ4v) is 6.86. The fourth-order valence-electron chi connectivity index (χ4n) is 5.30. The molecule has 0 saturated heterocycles. The number of rotatable bonds is 13. The van der Waals surface area contributed by atoms with Crippen LogP contribution in [0, 0.1) is 0 Å². The highest BCUT2D eigenvalue weighted by atomic mass is 35.5. The van der Waals surface area contributed by atoms with Crippen LogP contribution in [-0.2, 0) is 26.2 Å². The Labute approximate surface area is 258 Å². The van der Waals surface area contributed by atoms with E-state index in [1.165, 1.54) is 37.3 Å². The van der Waals surface area contributed by atoms with Gasteiger partial charge in [-0.2, -0.15) is 0 Å². The van der Waals surface area contributed by atoms with Gasteiger partial charge in [0.15, 0.2) is 11.5 Å². The van der Waals surface area contributed by atoms with Gasteiger partial charge in [0, 0.05) is 23.7 Å². The molecular formula is C32H38ClN3O6S. The minimum Gasteiger partial charge on any atom is -0.493 e. The van der Waals surface area contributed by atoms with Crippen molar-refractivity contribution in [2.45, 2.75) is 62.6 Å². The summed E-state index contributed by atoms with van der Waals surface area (Å²) in [6.07, 6.45) is 4.24. The second-order valence-electron chi connectivity index (χ2n) is 10.4. The molecule has 0 aromatic heterocycles. The third-order valence-electron chi connectivity index (χ3n) is 7.62. The van der Waals surface area contributed by atoms with Gasteiger partial charge in [0.2, 0.25) is 11.8 Å². The minimum absolute atomic E-state index is 0.0212. The van der Waals surface area contributed by atoms with Crippen molar-refractivity contribution in [1.29, 1.82) is 0 Å². The molecule has 43 heavy (non-hydrogen) atoms. The number of amides is 2. The molecule has 9 nitrogen and oxygen atoms in total. The second kappa shape index (κ2) is 14.6. The van der Waals surface area contributed by atoms with Crippen LogP contribution in [0.3, 0.4) is 0 Å². The molecule has 3 aromatic carbocycles. The van der Waals surface area contributed by atoms with Crippen molar-refractivity contribution < 1.29 is 27.5 Å². The molecule has 0 aliphatic heterocycles. The number of hydrogen-bond acceptors (Lipinski definition) is 6. The lowest BCUT2D eigenvalue weighted by Crippen LogP contribution is -2.53. The van der Waals surface area contributed by atoms with Crippen LogP contribution in [0.15, 0.2) is 77.7 Å². The van der Waals surface area contributed by atoms with Crippen LogP contribution in [-0.4, -0.2) is 58.0 Å². The van der Waals surface area contributed by atoms with Gasteiger partial charge in [-0.3, -0.25) is 13.9 Å². The number of halogens is 1. The Morgan fingerprint density at radius 1 is 0.953 bits per heavy atom. The van der Waals surface area contributed by atoms with Gasteiger partial charge in [-0.05, 0) is 61.2 Å². The van der Waals surface area contributed by atoms with E-state index in [2.05, 4.69) is 5.32 Å². The molecule has 0 spiro atoms.